The van der Waals surface area contributed by atoms with Crippen molar-refractivity contribution in [3.8, 4) is 23.3 Å². The fourth-order valence-corrected chi connectivity index (χ4v) is 10.1. The molecule has 0 aliphatic carbocycles. The van der Waals surface area contributed by atoms with Crippen LogP contribution in [0.1, 0.15) is 0 Å². The maximum atomic E-state index is 5.24. The molecule has 0 spiro atoms. The summed E-state index contributed by atoms with van der Waals surface area (Å²) in [7, 11) is 0. The van der Waals surface area contributed by atoms with Crippen LogP contribution >= 0.6 is 0 Å². The zero-order valence-corrected chi connectivity index (χ0v) is 33.1. The zero-order valence-electron chi connectivity index (χ0n) is 33.1. The van der Waals surface area contributed by atoms with Crippen molar-refractivity contribution in [1.82, 2.24) is 38.2 Å². The summed E-state index contributed by atoms with van der Waals surface area (Å²) in [4.78, 5) is 20.6. The number of fused-ring (bicyclic) bond motifs is 14. The Morgan fingerprint density at radius 2 is 0.645 bits per heavy atom. The van der Waals surface area contributed by atoms with Gasteiger partial charge in [0.05, 0.1) is 56.5 Å². The highest BCUT2D eigenvalue weighted by Gasteiger charge is 2.23. The minimum atomic E-state index is 0.562. The second-order valence-corrected chi connectivity index (χ2v) is 15.9. The molecule has 0 N–H and O–H groups in total. The van der Waals surface area contributed by atoms with Gasteiger partial charge >= 0.3 is 0 Å². The van der Waals surface area contributed by atoms with Gasteiger partial charge in [-0.05, 0) is 60.7 Å². The lowest BCUT2D eigenvalue weighted by Crippen LogP contribution is -2.05. The number of hydrogen-bond acceptors (Lipinski definition) is 4. The summed E-state index contributed by atoms with van der Waals surface area (Å²) in [6, 6.07) is 64.6. The van der Waals surface area contributed by atoms with E-state index in [1.807, 2.05) is 12.4 Å². The first-order valence-electron chi connectivity index (χ1n) is 20.8. The Morgan fingerprint density at radius 3 is 1.18 bits per heavy atom. The van der Waals surface area contributed by atoms with E-state index in [9.17, 15) is 0 Å². The molecule has 0 saturated heterocycles. The Hall–Kier alpha value is -8.62. The fourth-order valence-electron chi connectivity index (χ4n) is 10.1. The van der Waals surface area contributed by atoms with Crippen LogP contribution in [-0.2, 0) is 0 Å². The molecule has 0 fully saturated rings. The van der Waals surface area contributed by atoms with Gasteiger partial charge in [0.1, 0.15) is 11.0 Å². The molecular weight excluding hydrogens is 761 g/mol. The van der Waals surface area contributed by atoms with Crippen molar-refractivity contribution >= 4 is 98.3 Å². The highest BCUT2D eigenvalue weighted by Crippen LogP contribution is 2.42. The van der Waals surface area contributed by atoms with E-state index in [2.05, 4.69) is 200 Å². The number of rotatable bonds is 4. The monoisotopic (exact) mass is 792 g/mol. The highest BCUT2D eigenvalue weighted by atomic mass is 15.2. The molecule has 6 aromatic heterocycles. The molecular formula is C54H32N8. The largest absolute Gasteiger partial charge is 0.309 e. The van der Waals surface area contributed by atoms with Gasteiger partial charge in [-0.3, -0.25) is 9.13 Å². The maximum absolute atomic E-state index is 5.24. The van der Waals surface area contributed by atoms with Gasteiger partial charge in [-0.1, -0.05) is 121 Å². The molecule has 8 heteroatoms. The van der Waals surface area contributed by atoms with Crippen molar-refractivity contribution in [3.05, 3.63) is 194 Å². The lowest BCUT2D eigenvalue weighted by molar-refractivity contribution is 0.975. The molecule has 8 aromatic carbocycles. The second kappa shape index (κ2) is 12.5. The van der Waals surface area contributed by atoms with Crippen molar-refractivity contribution in [1.29, 1.82) is 0 Å². The molecule has 0 bridgehead atoms. The second-order valence-electron chi connectivity index (χ2n) is 15.9. The van der Waals surface area contributed by atoms with Crippen molar-refractivity contribution in [2.24, 2.45) is 0 Å². The van der Waals surface area contributed by atoms with E-state index < -0.39 is 0 Å². The number of nitrogens with zero attached hydrogens (tertiary/aromatic N) is 8. The van der Waals surface area contributed by atoms with E-state index in [1.54, 1.807) is 0 Å². The van der Waals surface area contributed by atoms with E-state index >= 15 is 0 Å². The van der Waals surface area contributed by atoms with Gasteiger partial charge in [-0.25, -0.2) is 19.9 Å². The minimum absolute atomic E-state index is 0.562. The molecule has 8 nitrogen and oxygen atoms in total. The van der Waals surface area contributed by atoms with Crippen molar-refractivity contribution in [3.63, 3.8) is 0 Å². The molecule has 0 amide bonds. The van der Waals surface area contributed by atoms with E-state index in [4.69, 9.17) is 19.9 Å². The summed E-state index contributed by atoms with van der Waals surface area (Å²) in [5, 5.41) is 9.26. The number of aromatic nitrogens is 8. The van der Waals surface area contributed by atoms with E-state index in [0.717, 1.165) is 77.1 Å². The summed E-state index contributed by atoms with van der Waals surface area (Å²) < 4.78 is 9.12. The third kappa shape index (κ3) is 4.49. The third-order valence-electron chi connectivity index (χ3n) is 12.7. The normalized spacial score (nSPS) is 12.2. The summed E-state index contributed by atoms with van der Waals surface area (Å²) in [6.45, 7) is 0. The van der Waals surface area contributed by atoms with Crippen LogP contribution in [0.4, 0.5) is 0 Å². The van der Waals surface area contributed by atoms with Crippen molar-refractivity contribution in [2.45, 2.75) is 0 Å². The minimum Gasteiger partial charge on any atom is -0.309 e. The Labute approximate surface area is 352 Å². The maximum Gasteiger partial charge on any atom is 0.235 e. The molecule has 0 aliphatic rings. The molecule has 6 heterocycles. The Morgan fingerprint density at radius 1 is 0.274 bits per heavy atom. The van der Waals surface area contributed by atoms with Crippen LogP contribution in [0.2, 0.25) is 0 Å². The average molecular weight is 793 g/mol. The molecule has 0 radical (unpaired) electrons. The van der Waals surface area contributed by atoms with Crippen molar-refractivity contribution < 1.29 is 0 Å². The van der Waals surface area contributed by atoms with Crippen LogP contribution in [-0.4, -0.2) is 38.2 Å². The molecule has 0 saturated carbocycles. The summed E-state index contributed by atoms with van der Waals surface area (Å²) >= 11 is 0. The molecule has 0 aliphatic heterocycles. The summed E-state index contributed by atoms with van der Waals surface area (Å²) in [5.41, 5.74) is 12.3. The first kappa shape index (κ1) is 33.2. The first-order valence-corrected chi connectivity index (χ1v) is 20.8. The van der Waals surface area contributed by atoms with Crippen LogP contribution in [0.5, 0.6) is 0 Å². The molecule has 0 unspecified atom stereocenters. The Balaban J connectivity index is 0.996. The van der Waals surface area contributed by atoms with Gasteiger partial charge in [0.15, 0.2) is 0 Å². The van der Waals surface area contributed by atoms with Crippen LogP contribution < -0.4 is 0 Å². The molecule has 14 rings (SSSR count). The average Bonchev–Trinajstić information content (AvgIpc) is 4.06. The number of hydrogen-bond donors (Lipinski definition) is 0. The van der Waals surface area contributed by atoms with Crippen LogP contribution in [0.3, 0.4) is 0 Å². The lowest BCUT2D eigenvalue weighted by Gasteiger charge is -2.12. The summed E-state index contributed by atoms with van der Waals surface area (Å²) in [5.74, 6) is 1.13. The van der Waals surface area contributed by atoms with Crippen LogP contribution in [0.25, 0.3) is 122 Å². The van der Waals surface area contributed by atoms with Crippen LogP contribution in [0.15, 0.2) is 194 Å². The standard InChI is InChI=1S/C54H32N8/c1-3-15-33(16-4-1)59-45-23-11-9-21-37(45)41-30-50-42(29-49(41)59)38-22-10-13-25-47(38)61(50)53-55-31-44-43(57-53)32-56-54(58-44)62-48-26-14-8-20-36(48)40-28-27-39-35-19-7-12-24-46(35)60(51(39)52(40)62)34-17-5-2-6-18-34/h1-32H. The quantitative estimate of drug-likeness (QED) is 0.178. The highest BCUT2D eigenvalue weighted by molar-refractivity contribution is 6.24. The third-order valence-corrected chi connectivity index (χ3v) is 12.7. The summed E-state index contributed by atoms with van der Waals surface area (Å²) in [6.07, 6.45) is 3.68. The van der Waals surface area contributed by atoms with Crippen molar-refractivity contribution in [2.75, 3.05) is 0 Å². The lowest BCUT2D eigenvalue weighted by atomic mass is 10.1. The van der Waals surface area contributed by atoms with Gasteiger partial charge in [-0.2, -0.15) is 0 Å². The molecule has 288 valence electrons. The van der Waals surface area contributed by atoms with E-state index in [-0.39, 0.29) is 0 Å². The smallest absolute Gasteiger partial charge is 0.235 e. The molecule has 14 aromatic rings. The Bertz CT molecular complexity index is 4150. The fraction of sp³-hybridized carbons (Fsp3) is 0. The van der Waals surface area contributed by atoms with Gasteiger partial charge < -0.3 is 9.13 Å². The first-order chi connectivity index (χ1) is 30.8. The van der Waals surface area contributed by atoms with Gasteiger partial charge in [0.25, 0.3) is 0 Å². The molecule has 0 atom stereocenters. The molecule has 62 heavy (non-hydrogen) atoms. The number of para-hydroxylation sites is 6. The number of benzene rings is 8. The van der Waals surface area contributed by atoms with Crippen LogP contribution in [0, 0.1) is 0 Å². The van der Waals surface area contributed by atoms with E-state index in [0.29, 0.717) is 22.9 Å². The predicted molar refractivity (Wildman–Crippen MR) is 252 cm³/mol. The SMILES string of the molecule is c1ccc(-n2c3ccccc3c3cc4c(cc32)c2ccccc2n4-c2ncc3nc(-n4c5ccccc5c5ccc6c7ccccc7n(-c7ccccc7)c6c54)ncc3n2)cc1. The van der Waals surface area contributed by atoms with Gasteiger partial charge in [-0.15, -0.1) is 0 Å². The zero-order chi connectivity index (χ0) is 40.5. The van der Waals surface area contributed by atoms with Gasteiger partial charge in [0, 0.05) is 54.5 Å². The van der Waals surface area contributed by atoms with Gasteiger partial charge in [0.2, 0.25) is 11.9 Å². The topological polar surface area (TPSA) is 71.3 Å². The Kier molecular flexibility index (Phi) is 6.68. The predicted octanol–water partition coefficient (Wildman–Crippen LogP) is 12.8. The van der Waals surface area contributed by atoms with E-state index in [1.165, 1.54) is 21.5 Å².